The van der Waals surface area contributed by atoms with Gasteiger partial charge in [-0.1, -0.05) is 37.0 Å². The molecule has 1 rings (SSSR count). The Morgan fingerprint density at radius 1 is 1.33 bits per heavy atom. The van der Waals surface area contributed by atoms with Crippen molar-refractivity contribution in [2.45, 2.75) is 32.7 Å². The normalized spacial score (nSPS) is 9.81. The Morgan fingerprint density at radius 3 is 2.90 bits per heavy atom. The van der Waals surface area contributed by atoms with Crippen molar-refractivity contribution >= 4 is 5.91 Å². The second kappa shape index (κ2) is 10.9. The molecule has 0 bridgehead atoms. The number of aliphatic hydroxyl groups excluding tert-OH is 1. The molecule has 0 atom stereocenters. The molecule has 0 unspecified atom stereocenters. The van der Waals surface area contributed by atoms with Gasteiger partial charge in [0.1, 0.15) is 0 Å². The van der Waals surface area contributed by atoms with Gasteiger partial charge in [0.25, 0.3) is 0 Å². The third kappa shape index (κ3) is 7.50. The topological polar surface area (TPSA) is 58.6 Å². The molecular weight excluding hydrogens is 266 g/mol. The van der Waals surface area contributed by atoms with Crippen LogP contribution in [0.4, 0.5) is 0 Å². The molecular formula is C17H23NO3. The molecule has 114 valence electrons. The molecule has 0 radical (unpaired) electrons. The SMILES string of the molecule is CCCOCCC(=O)NCc1ccccc1C#CCCO. The first-order valence-corrected chi connectivity index (χ1v) is 7.30. The van der Waals surface area contributed by atoms with Crippen molar-refractivity contribution in [2.24, 2.45) is 0 Å². The number of benzene rings is 1. The maximum Gasteiger partial charge on any atom is 0.222 e. The van der Waals surface area contributed by atoms with Gasteiger partial charge >= 0.3 is 0 Å². The molecule has 0 saturated carbocycles. The number of nitrogens with one attached hydrogen (secondary N) is 1. The number of amides is 1. The third-order valence-corrected chi connectivity index (χ3v) is 2.78. The molecule has 0 aromatic heterocycles. The summed E-state index contributed by atoms with van der Waals surface area (Å²) in [5.74, 6) is 5.88. The molecule has 0 aliphatic carbocycles. The van der Waals surface area contributed by atoms with Crippen molar-refractivity contribution in [1.82, 2.24) is 5.32 Å². The summed E-state index contributed by atoms with van der Waals surface area (Å²) in [4.78, 5) is 11.7. The van der Waals surface area contributed by atoms with E-state index in [1.807, 2.05) is 31.2 Å². The summed E-state index contributed by atoms with van der Waals surface area (Å²) in [5.41, 5.74) is 1.86. The van der Waals surface area contributed by atoms with Crippen LogP contribution in [0.15, 0.2) is 24.3 Å². The number of hydrogen-bond acceptors (Lipinski definition) is 3. The molecule has 1 amide bonds. The van der Waals surface area contributed by atoms with Crippen molar-refractivity contribution in [3.63, 3.8) is 0 Å². The van der Waals surface area contributed by atoms with Gasteiger partial charge in [-0.15, -0.1) is 0 Å². The molecule has 2 N–H and O–H groups in total. The predicted molar refractivity (Wildman–Crippen MR) is 82.6 cm³/mol. The third-order valence-electron chi connectivity index (χ3n) is 2.78. The maximum absolute atomic E-state index is 11.7. The smallest absolute Gasteiger partial charge is 0.222 e. The van der Waals surface area contributed by atoms with Crippen LogP contribution >= 0.6 is 0 Å². The highest BCUT2D eigenvalue weighted by Crippen LogP contribution is 2.07. The van der Waals surface area contributed by atoms with E-state index in [0.29, 0.717) is 32.6 Å². The molecule has 0 saturated heterocycles. The summed E-state index contributed by atoms with van der Waals surface area (Å²) in [7, 11) is 0. The minimum absolute atomic E-state index is 0.0239. The van der Waals surface area contributed by atoms with E-state index in [4.69, 9.17) is 9.84 Å². The molecule has 0 fully saturated rings. The summed E-state index contributed by atoms with van der Waals surface area (Å²) in [6.45, 7) is 3.70. The minimum Gasteiger partial charge on any atom is -0.395 e. The number of ether oxygens (including phenoxy) is 1. The van der Waals surface area contributed by atoms with E-state index in [9.17, 15) is 4.79 Å². The Balaban J connectivity index is 2.44. The lowest BCUT2D eigenvalue weighted by Gasteiger charge is -2.07. The van der Waals surface area contributed by atoms with Crippen molar-refractivity contribution in [3.05, 3.63) is 35.4 Å². The van der Waals surface area contributed by atoms with Gasteiger partial charge in [0.05, 0.1) is 13.2 Å². The lowest BCUT2D eigenvalue weighted by Crippen LogP contribution is -2.24. The number of aliphatic hydroxyl groups is 1. The fourth-order valence-electron chi connectivity index (χ4n) is 1.70. The highest BCUT2D eigenvalue weighted by Gasteiger charge is 2.03. The molecule has 0 aliphatic heterocycles. The van der Waals surface area contributed by atoms with Gasteiger partial charge in [0, 0.05) is 31.6 Å². The second-order valence-corrected chi connectivity index (χ2v) is 4.57. The van der Waals surface area contributed by atoms with Crippen LogP contribution in [0, 0.1) is 11.8 Å². The van der Waals surface area contributed by atoms with Crippen LogP contribution in [0.1, 0.15) is 37.3 Å². The van der Waals surface area contributed by atoms with E-state index in [0.717, 1.165) is 17.5 Å². The molecule has 0 heterocycles. The Morgan fingerprint density at radius 2 is 2.14 bits per heavy atom. The lowest BCUT2D eigenvalue weighted by molar-refractivity contribution is -0.122. The van der Waals surface area contributed by atoms with Gasteiger partial charge in [-0.25, -0.2) is 0 Å². The van der Waals surface area contributed by atoms with E-state index in [2.05, 4.69) is 17.2 Å². The van der Waals surface area contributed by atoms with Crippen molar-refractivity contribution < 1.29 is 14.6 Å². The van der Waals surface area contributed by atoms with Crippen LogP contribution in [0.2, 0.25) is 0 Å². The predicted octanol–water partition coefficient (Wildman–Crippen LogP) is 1.85. The molecule has 1 aromatic rings. The lowest BCUT2D eigenvalue weighted by atomic mass is 10.1. The highest BCUT2D eigenvalue weighted by atomic mass is 16.5. The zero-order valence-electron chi connectivity index (χ0n) is 12.5. The van der Waals surface area contributed by atoms with E-state index in [-0.39, 0.29) is 12.5 Å². The maximum atomic E-state index is 11.7. The monoisotopic (exact) mass is 289 g/mol. The van der Waals surface area contributed by atoms with Crippen LogP contribution < -0.4 is 5.32 Å². The van der Waals surface area contributed by atoms with Crippen LogP contribution in [0.5, 0.6) is 0 Å². The Kier molecular flexibility index (Phi) is 8.94. The van der Waals surface area contributed by atoms with Crippen molar-refractivity contribution in [2.75, 3.05) is 19.8 Å². The zero-order chi connectivity index (χ0) is 15.3. The van der Waals surface area contributed by atoms with Crippen LogP contribution in [-0.2, 0) is 16.1 Å². The highest BCUT2D eigenvalue weighted by molar-refractivity contribution is 5.76. The Bertz CT molecular complexity index is 488. The summed E-state index contributed by atoms with van der Waals surface area (Å²) in [6, 6.07) is 7.68. The summed E-state index contributed by atoms with van der Waals surface area (Å²) >= 11 is 0. The van der Waals surface area contributed by atoms with Crippen molar-refractivity contribution in [1.29, 1.82) is 0 Å². The number of carbonyl (C=O) groups is 1. The first kappa shape index (κ1) is 17.2. The molecule has 0 aliphatic rings. The second-order valence-electron chi connectivity index (χ2n) is 4.57. The zero-order valence-corrected chi connectivity index (χ0v) is 12.5. The fraction of sp³-hybridized carbons (Fsp3) is 0.471. The summed E-state index contributed by atoms with van der Waals surface area (Å²) < 4.78 is 5.29. The standard InChI is InChI=1S/C17H23NO3/c1-2-12-21-13-10-17(20)18-14-16-9-4-3-7-15(16)8-5-6-11-19/h3-4,7,9,19H,2,6,10-14H2,1H3,(H,18,20). The van der Waals surface area contributed by atoms with Crippen LogP contribution in [-0.4, -0.2) is 30.8 Å². The number of carbonyl (C=O) groups excluding carboxylic acids is 1. The van der Waals surface area contributed by atoms with E-state index < -0.39 is 0 Å². The van der Waals surface area contributed by atoms with Gasteiger partial charge in [0.2, 0.25) is 5.91 Å². The van der Waals surface area contributed by atoms with E-state index in [1.54, 1.807) is 0 Å². The van der Waals surface area contributed by atoms with Crippen LogP contribution in [0.3, 0.4) is 0 Å². The molecule has 4 nitrogen and oxygen atoms in total. The molecule has 0 spiro atoms. The molecule has 1 aromatic carbocycles. The Hall–Kier alpha value is -1.83. The number of hydrogen-bond donors (Lipinski definition) is 2. The average molecular weight is 289 g/mol. The van der Waals surface area contributed by atoms with Gasteiger partial charge in [0.15, 0.2) is 0 Å². The Labute approximate surface area is 126 Å². The largest absolute Gasteiger partial charge is 0.395 e. The van der Waals surface area contributed by atoms with Crippen LogP contribution in [0.25, 0.3) is 0 Å². The van der Waals surface area contributed by atoms with E-state index >= 15 is 0 Å². The van der Waals surface area contributed by atoms with Crippen molar-refractivity contribution in [3.8, 4) is 11.8 Å². The average Bonchev–Trinajstić information content (AvgIpc) is 2.51. The van der Waals surface area contributed by atoms with Gasteiger partial charge < -0.3 is 15.2 Å². The van der Waals surface area contributed by atoms with Gasteiger partial charge in [-0.05, 0) is 18.1 Å². The minimum atomic E-state index is -0.0239. The molecule has 21 heavy (non-hydrogen) atoms. The van der Waals surface area contributed by atoms with E-state index in [1.165, 1.54) is 0 Å². The quantitative estimate of drug-likeness (QED) is 0.567. The molecule has 4 heteroatoms. The summed E-state index contributed by atoms with van der Waals surface area (Å²) in [5, 5.41) is 11.6. The van der Waals surface area contributed by atoms with Gasteiger partial charge in [-0.2, -0.15) is 0 Å². The number of rotatable bonds is 8. The van der Waals surface area contributed by atoms with Gasteiger partial charge in [-0.3, -0.25) is 4.79 Å². The first-order valence-electron chi connectivity index (χ1n) is 7.30. The summed E-state index contributed by atoms with van der Waals surface area (Å²) in [6.07, 6.45) is 1.79. The fourth-order valence-corrected chi connectivity index (χ4v) is 1.70. The first-order chi connectivity index (χ1) is 10.3.